The molecule has 3 unspecified atom stereocenters. The van der Waals surface area contributed by atoms with Crippen molar-refractivity contribution in [3.8, 4) is 0 Å². The lowest BCUT2D eigenvalue weighted by molar-refractivity contribution is -0.161. The Morgan fingerprint density at radius 2 is 0.490 bits per heavy atom. The summed E-state index contributed by atoms with van der Waals surface area (Å²) in [7, 11) is -9.93. The lowest BCUT2D eigenvalue weighted by Gasteiger charge is -2.21. The van der Waals surface area contributed by atoms with E-state index in [0.29, 0.717) is 31.6 Å². The van der Waals surface area contributed by atoms with Gasteiger partial charge < -0.3 is 33.8 Å². The molecule has 0 saturated heterocycles. The van der Waals surface area contributed by atoms with Crippen LogP contribution in [0.2, 0.25) is 0 Å². The normalized spacial score (nSPS) is 14.2. The molecule has 0 spiro atoms. The van der Waals surface area contributed by atoms with Gasteiger partial charge in [-0.3, -0.25) is 37.3 Å². The molecule has 6 atom stereocenters. The SMILES string of the molecule is CCCCCCCCCCCCCCCCCCCCC(=O)O[C@H](COC(=O)CCCCCCCCC(C)C)COP(=O)(O)OC[C@H](O)COP(=O)(O)OC[C@@H](COC(=O)CCCCCCCCCCCCCCCCC(C)CC)OC(=O)CCCCCCCCCCCCCCCCCCC(C)C. The summed E-state index contributed by atoms with van der Waals surface area (Å²) in [5, 5.41) is 10.7. The summed E-state index contributed by atoms with van der Waals surface area (Å²) in [6.45, 7) is 12.0. The molecule has 0 saturated carbocycles. The molecule has 104 heavy (non-hydrogen) atoms. The van der Waals surface area contributed by atoms with E-state index in [2.05, 4.69) is 48.5 Å². The lowest BCUT2D eigenvalue weighted by atomic mass is 9.99. The Morgan fingerprint density at radius 1 is 0.279 bits per heavy atom. The van der Waals surface area contributed by atoms with E-state index in [1.54, 1.807) is 0 Å². The molecule has 0 aromatic carbocycles. The summed E-state index contributed by atoms with van der Waals surface area (Å²) in [6, 6.07) is 0. The topological polar surface area (TPSA) is 237 Å². The number of hydrogen-bond acceptors (Lipinski definition) is 15. The summed E-state index contributed by atoms with van der Waals surface area (Å²) < 4.78 is 68.8. The Kier molecular flexibility index (Phi) is 73.7. The monoisotopic (exact) mass is 1520 g/mol. The van der Waals surface area contributed by atoms with Crippen molar-refractivity contribution in [1.82, 2.24) is 0 Å². The van der Waals surface area contributed by atoms with E-state index < -0.39 is 97.5 Å². The first kappa shape index (κ1) is 102. The number of carbonyl (C=O) groups excluding carboxylic acids is 4. The fourth-order valence-corrected chi connectivity index (χ4v) is 14.7. The van der Waals surface area contributed by atoms with Crippen LogP contribution in [0.4, 0.5) is 0 Å². The molecular formula is C85H166O17P2. The highest BCUT2D eigenvalue weighted by molar-refractivity contribution is 7.47. The number of ether oxygens (including phenoxy) is 4. The number of phosphoric acid groups is 2. The zero-order chi connectivity index (χ0) is 76.5. The van der Waals surface area contributed by atoms with Gasteiger partial charge in [0.1, 0.15) is 19.3 Å². The molecule has 618 valence electrons. The van der Waals surface area contributed by atoms with Crippen molar-refractivity contribution in [2.45, 2.75) is 465 Å². The Hall–Kier alpha value is -1.94. The Bertz CT molecular complexity index is 2010. The number of carbonyl (C=O) groups is 4. The maximum atomic E-state index is 13.1. The molecule has 0 aliphatic carbocycles. The highest BCUT2D eigenvalue weighted by Crippen LogP contribution is 2.45. The standard InChI is InChI=1S/C85H166O17P2/c1-8-10-11-12-13-14-15-16-17-18-19-23-30-35-40-45-54-62-69-85(90)102-81(73-96-83(88)67-60-53-48-47-50-57-64-77(5)6)75-100-104(93,94)98-71-79(86)70-97-103(91,92)99-74-80(72-95-82(87)66-59-52-44-39-34-29-26-25-28-33-38-43-51-58-65-78(7)9-2)101-84(89)68-61-55-46-41-36-31-24-21-20-22-27-32-37-42-49-56-63-76(3)4/h76-81,86H,8-75H2,1-7H3,(H,91,92)(H,93,94)/t78?,79-,80-,81-/m1/s1. The Morgan fingerprint density at radius 3 is 0.731 bits per heavy atom. The average Bonchev–Trinajstić information content (AvgIpc) is 0.907. The van der Waals surface area contributed by atoms with Gasteiger partial charge in [0.15, 0.2) is 12.2 Å². The van der Waals surface area contributed by atoms with Gasteiger partial charge in [-0.15, -0.1) is 0 Å². The van der Waals surface area contributed by atoms with Gasteiger partial charge in [0.25, 0.3) is 0 Å². The molecule has 0 radical (unpaired) electrons. The average molecular weight is 1520 g/mol. The number of aliphatic hydroxyl groups is 1. The Labute approximate surface area is 638 Å². The quantitative estimate of drug-likeness (QED) is 0.0222. The largest absolute Gasteiger partial charge is 0.472 e. The maximum Gasteiger partial charge on any atom is 0.472 e. The molecule has 0 aromatic heterocycles. The van der Waals surface area contributed by atoms with E-state index in [9.17, 15) is 43.2 Å². The fourth-order valence-electron chi connectivity index (χ4n) is 13.2. The third-order valence-electron chi connectivity index (χ3n) is 20.2. The van der Waals surface area contributed by atoms with Crippen LogP contribution in [-0.4, -0.2) is 96.7 Å². The first-order chi connectivity index (χ1) is 50.3. The van der Waals surface area contributed by atoms with Crippen LogP contribution in [0.3, 0.4) is 0 Å². The molecule has 0 amide bonds. The van der Waals surface area contributed by atoms with Crippen molar-refractivity contribution in [1.29, 1.82) is 0 Å². The van der Waals surface area contributed by atoms with Crippen molar-refractivity contribution in [2.75, 3.05) is 39.6 Å². The third-order valence-corrected chi connectivity index (χ3v) is 22.1. The van der Waals surface area contributed by atoms with E-state index in [4.69, 9.17) is 37.0 Å². The van der Waals surface area contributed by atoms with Crippen molar-refractivity contribution in [3.05, 3.63) is 0 Å². The molecule has 0 aliphatic rings. The summed E-state index contributed by atoms with van der Waals surface area (Å²) in [5.74, 6) is 0.231. The number of aliphatic hydroxyl groups excluding tert-OH is 1. The highest BCUT2D eigenvalue weighted by Gasteiger charge is 2.30. The number of esters is 4. The maximum absolute atomic E-state index is 13.1. The van der Waals surface area contributed by atoms with Crippen LogP contribution >= 0.6 is 15.6 Å². The second-order valence-corrected chi connectivity index (χ2v) is 34.7. The van der Waals surface area contributed by atoms with Crippen molar-refractivity contribution >= 4 is 39.5 Å². The predicted molar refractivity (Wildman–Crippen MR) is 428 cm³/mol. The van der Waals surface area contributed by atoms with Gasteiger partial charge in [0.05, 0.1) is 26.4 Å². The Balaban J connectivity index is 5.22. The van der Waals surface area contributed by atoms with E-state index in [-0.39, 0.29) is 25.7 Å². The minimum atomic E-state index is -4.97. The first-order valence-electron chi connectivity index (χ1n) is 43.9. The smallest absolute Gasteiger partial charge is 0.462 e. The molecule has 0 aromatic rings. The fraction of sp³-hybridized carbons (Fsp3) is 0.953. The van der Waals surface area contributed by atoms with Gasteiger partial charge in [-0.2, -0.15) is 0 Å². The van der Waals surface area contributed by atoms with Crippen LogP contribution < -0.4 is 0 Å². The summed E-state index contributed by atoms with van der Waals surface area (Å²) in [6.07, 6.45) is 65.4. The molecule has 17 nitrogen and oxygen atoms in total. The summed E-state index contributed by atoms with van der Waals surface area (Å²) in [5.41, 5.74) is 0. The molecule has 0 rings (SSSR count). The molecule has 0 fully saturated rings. The summed E-state index contributed by atoms with van der Waals surface area (Å²) in [4.78, 5) is 73.1. The van der Waals surface area contributed by atoms with Gasteiger partial charge in [-0.1, -0.05) is 395 Å². The van der Waals surface area contributed by atoms with Gasteiger partial charge in [-0.05, 0) is 43.4 Å². The van der Waals surface area contributed by atoms with Crippen molar-refractivity contribution < 1.29 is 80.2 Å². The zero-order valence-corrected chi connectivity index (χ0v) is 70.3. The molecular weight excluding hydrogens is 1350 g/mol. The van der Waals surface area contributed by atoms with Gasteiger partial charge >= 0.3 is 39.5 Å². The zero-order valence-electron chi connectivity index (χ0n) is 68.5. The van der Waals surface area contributed by atoms with Crippen molar-refractivity contribution in [3.63, 3.8) is 0 Å². The van der Waals surface area contributed by atoms with Crippen LogP contribution in [0.5, 0.6) is 0 Å². The van der Waals surface area contributed by atoms with E-state index >= 15 is 0 Å². The lowest BCUT2D eigenvalue weighted by Crippen LogP contribution is -2.30. The third kappa shape index (κ3) is 76.8. The van der Waals surface area contributed by atoms with Crippen LogP contribution in [0.25, 0.3) is 0 Å². The van der Waals surface area contributed by atoms with E-state index in [1.807, 2.05) is 0 Å². The number of rotatable bonds is 83. The number of phosphoric ester groups is 2. The summed E-state index contributed by atoms with van der Waals surface area (Å²) >= 11 is 0. The number of unbranched alkanes of at least 4 members (excludes halogenated alkanes) is 50. The van der Waals surface area contributed by atoms with Gasteiger partial charge in [-0.25, -0.2) is 9.13 Å². The van der Waals surface area contributed by atoms with Crippen LogP contribution in [0.15, 0.2) is 0 Å². The molecule has 0 bridgehead atoms. The predicted octanol–water partition coefficient (Wildman–Crippen LogP) is 25.7. The minimum absolute atomic E-state index is 0.107. The molecule has 0 heterocycles. The molecule has 19 heteroatoms. The van der Waals surface area contributed by atoms with Gasteiger partial charge in [0, 0.05) is 25.7 Å². The van der Waals surface area contributed by atoms with Gasteiger partial charge in [0.2, 0.25) is 0 Å². The second kappa shape index (κ2) is 75.1. The van der Waals surface area contributed by atoms with E-state index in [1.165, 1.54) is 250 Å². The number of hydrogen-bond donors (Lipinski definition) is 3. The molecule has 3 N–H and O–H groups in total. The second-order valence-electron chi connectivity index (χ2n) is 31.8. The van der Waals surface area contributed by atoms with Crippen LogP contribution in [0, 0.1) is 17.8 Å². The van der Waals surface area contributed by atoms with Crippen molar-refractivity contribution in [2.24, 2.45) is 17.8 Å². The highest BCUT2D eigenvalue weighted by atomic mass is 31.2. The van der Waals surface area contributed by atoms with E-state index in [0.717, 1.165) is 108 Å². The van der Waals surface area contributed by atoms with Crippen LogP contribution in [0.1, 0.15) is 447 Å². The molecule has 0 aliphatic heterocycles. The first-order valence-corrected chi connectivity index (χ1v) is 46.9. The minimum Gasteiger partial charge on any atom is -0.462 e. The van der Waals surface area contributed by atoms with Crippen LogP contribution in [-0.2, 0) is 65.4 Å².